The number of imidazole rings is 1. The molecular weight excluding hydrogens is 442 g/mol. The molecule has 3 aromatic rings. The molecule has 1 amide bonds. The molecule has 0 spiro atoms. The smallest absolute Gasteiger partial charge is 0.225 e. The average Bonchev–Trinajstić information content (AvgIpc) is 3.13. The summed E-state index contributed by atoms with van der Waals surface area (Å²) in [5.74, 6) is 1.31. The Labute approximate surface area is 193 Å². The Kier molecular flexibility index (Phi) is 6.24. The van der Waals surface area contributed by atoms with Crippen molar-refractivity contribution in [1.29, 1.82) is 0 Å². The molecule has 2 aromatic heterocycles. The van der Waals surface area contributed by atoms with Crippen LogP contribution in [-0.4, -0.2) is 47.3 Å². The fourth-order valence-corrected chi connectivity index (χ4v) is 5.20. The van der Waals surface area contributed by atoms with Crippen LogP contribution in [0.1, 0.15) is 46.4 Å². The van der Waals surface area contributed by atoms with E-state index in [0.29, 0.717) is 11.4 Å². The standard InChI is InChI=1S/C23H29N5O4S/c1-15(29)24-20-7-8-21(27-26-20)33(30,31)17-5-6-19-18(13-17)25-22(23(2,3)4)28(19)14-16-9-11-32-12-10-16/h5-8,13,16H,9-12,14H2,1-4H3,(H,24,26,29). The number of benzene rings is 1. The molecule has 1 N–H and O–H groups in total. The molecule has 1 aromatic carbocycles. The maximum Gasteiger partial charge on any atom is 0.225 e. The number of aromatic nitrogens is 4. The van der Waals surface area contributed by atoms with Gasteiger partial charge in [0.05, 0.1) is 15.9 Å². The fraction of sp³-hybridized carbons (Fsp3) is 0.478. The van der Waals surface area contributed by atoms with Crippen molar-refractivity contribution in [2.75, 3.05) is 18.5 Å². The predicted octanol–water partition coefficient (Wildman–Crippen LogP) is 3.34. The van der Waals surface area contributed by atoms with Gasteiger partial charge in [-0.1, -0.05) is 20.8 Å². The summed E-state index contributed by atoms with van der Waals surface area (Å²) >= 11 is 0. The molecule has 176 valence electrons. The van der Waals surface area contributed by atoms with E-state index in [-0.39, 0.29) is 27.1 Å². The van der Waals surface area contributed by atoms with Gasteiger partial charge >= 0.3 is 0 Å². The van der Waals surface area contributed by atoms with Gasteiger partial charge in [0.25, 0.3) is 0 Å². The van der Waals surface area contributed by atoms with Gasteiger partial charge in [-0.25, -0.2) is 13.4 Å². The minimum Gasteiger partial charge on any atom is -0.381 e. The number of hydrogen-bond donors (Lipinski definition) is 1. The van der Waals surface area contributed by atoms with E-state index in [2.05, 4.69) is 40.9 Å². The number of rotatable bonds is 5. The van der Waals surface area contributed by atoms with E-state index in [1.54, 1.807) is 12.1 Å². The highest BCUT2D eigenvalue weighted by molar-refractivity contribution is 7.91. The Hall–Kier alpha value is -2.85. The van der Waals surface area contributed by atoms with E-state index in [1.807, 2.05) is 6.07 Å². The zero-order valence-electron chi connectivity index (χ0n) is 19.3. The third kappa shape index (κ3) is 4.91. The minimum atomic E-state index is -3.89. The van der Waals surface area contributed by atoms with E-state index in [4.69, 9.17) is 9.72 Å². The molecule has 1 saturated heterocycles. The summed E-state index contributed by atoms with van der Waals surface area (Å²) in [7, 11) is -3.89. The third-order valence-electron chi connectivity index (χ3n) is 5.70. The lowest BCUT2D eigenvalue weighted by molar-refractivity contribution is -0.114. The monoisotopic (exact) mass is 471 g/mol. The molecule has 33 heavy (non-hydrogen) atoms. The predicted molar refractivity (Wildman–Crippen MR) is 124 cm³/mol. The zero-order valence-corrected chi connectivity index (χ0v) is 20.1. The summed E-state index contributed by atoms with van der Waals surface area (Å²) in [6.45, 7) is 10.0. The van der Waals surface area contributed by atoms with Crippen molar-refractivity contribution in [1.82, 2.24) is 19.7 Å². The number of fused-ring (bicyclic) bond motifs is 1. The lowest BCUT2D eigenvalue weighted by Gasteiger charge is -2.26. The van der Waals surface area contributed by atoms with Crippen molar-refractivity contribution in [3.8, 4) is 0 Å². The maximum absolute atomic E-state index is 13.2. The van der Waals surface area contributed by atoms with Crippen LogP contribution in [0.4, 0.5) is 5.82 Å². The normalized spacial score (nSPS) is 15.6. The van der Waals surface area contributed by atoms with Crippen LogP contribution in [0.25, 0.3) is 11.0 Å². The second-order valence-electron chi connectivity index (χ2n) is 9.44. The zero-order chi connectivity index (χ0) is 23.8. The van der Waals surface area contributed by atoms with Crippen LogP contribution in [0.15, 0.2) is 40.3 Å². The third-order valence-corrected chi connectivity index (χ3v) is 7.34. The number of nitrogens with one attached hydrogen (secondary N) is 1. The number of nitrogens with zero attached hydrogens (tertiary/aromatic N) is 4. The van der Waals surface area contributed by atoms with Crippen molar-refractivity contribution in [3.63, 3.8) is 0 Å². The molecule has 1 aliphatic rings. The van der Waals surface area contributed by atoms with Gasteiger partial charge in [0.2, 0.25) is 15.7 Å². The van der Waals surface area contributed by atoms with Crippen molar-refractivity contribution >= 4 is 32.6 Å². The molecule has 0 aliphatic carbocycles. The second kappa shape index (κ2) is 8.83. The topological polar surface area (TPSA) is 116 Å². The van der Waals surface area contributed by atoms with Gasteiger partial charge in [0, 0.05) is 32.1 Å². The first-order valence-electron chi connectivity index (χ1n) is 11.0. The lowest BCUT2D eigenvalue weighted by Crippen LogP contribution is -2.25. The van der Waals surface area contributed by atoms with Gasteiger partial charge in [-0.05, 0) is 49.1 Å². The van der Waals surface area contributed by atoms with Crippen LogP contribution in [0.2, 0.25) is 0 Å². The van der Waals surface area contributed by atoms with Crippen molar-refractivity contribution < 1.29 is 17.9 Å². The van der Waals surface area contributed by atoms with E-state index in [0.717, 1.165) is 43.9 Å². The SMILES string of the molecule is CC(=O)Nc1ccc(S(=O)(=O)c2ccc3c(c2)nc(C(C)(C)C)n3CC2CCOCC2)nn1. The van der Waals surface area contributed by atoms with Crippen molar-refractivity contribution in [3.05, 3.63) is 36.2 Å². The first-order valence-corrected chi connectivity index (χ1v) is 12.5. The van der Waals surface area contributed by atoms with Gasteiger partial charge in [0.1, 0.15) is 5.82 Å². The summed E-state index contributed by atoms with van der Waals surface area (Å²) in [4.78, 5) is 16.1. The molecule has 0 bridgehead atoms. The first-order chi connectivity index (χ1) is 15.6. The Morgan fingerprint density at radius 1 is 1.15 bits per heavy atom. The number of ether oxygens (including phenoxy) is 1. The number of sulfone groups is 1. The maximum atomic E-state index is 13.2. The molecule has 1 aliphatic heterocycles. The number of amides is 1. The first kappa shape index (κ1) is 23.3. The van der Waals surface area contributed by atoms with Crippen LogP contribution >= 0.6 is 0 Å². The van der Waals surface area contributed by atoms with Crippen LogP contribution in [0, 0.1) is 5.92 Å². The van der Waals surface area contributed by atoms with Gasteiger partial charge in [-0.3, -0.25) is 4.79 Å². The Morgan fingerprint density at radius 2 is 1.88 bits per heavy atom. The van der Waals surface area contributed by atoms with Crippen LogP contribution in [0.5, 0.6) is 0 Å². The Morgan fingerprint density at radius 3 is 2.48 bits per heavy atom. The number of carbonyl (C=O) groups excluding carboxylic acids is 1. The average molecular weight is 472 g/mol. The van der Waals surface area contributed by atoms with Gasteiger partial charge in [-0.2, -0.15) is 0 Å². The Bertz CT molecular complexity index is 1270. The fourth-order valence-electron chi connectivity index (χ4n) is 4.05. The Balaban J connectivity index is 1.72. The van der Waals surface area contributed by atoms with Crippen LogP contribution < -0.4 is 5.32 Å². The molecule has 0 saturated carbocycles. The summed E-state index contributed by atoms with van der Waals surface area (Å²) in [5.41, 5.74) is 1.35. The quantitative estimate of drug-likeness (QED) is 0.607. The largest absolute Gasteiger partial charge is 0.381 e. The van der Waals surface area contributed by atoms with E-state index < -0.39 is 9.84 Å². The summed E-state index contributed by atoms with van der Waals surface area (Å²) < 4.78 is 34.1. The highest BCUT2D eigenvalue weighted by Crippen LogP contribution is 2.31. The highest BCUT2D eigenvalue weighted by Gasteiger charge is 2.27. The number of hydrogen-bond acceptors (Lipinski definition) is 7. The van der Waals surface area contributed by atoms with Crippen molar-refractivity contribution in [2.24, 2.45) is 5.92 Å². The highest BCUT2D eigenvalue weighted by atomic mass is 32.2. The van der Waals surface area contributed by atoms with Crippen LogP contribution in [-0.2, 0) is 31.3 Å². The molecule has 10 heteroatoms. The molecule has 0 radical (unpaired) electrons. The molecule has 9 nitrogen and oxygen atoms in total. The molecule has 3 heterocycles. The second-order valence-corrected chi connectivity index (χ2v) is 11.3. The van der Waals surface area contributed by atoms with Crippen molar-refractivity contribution in [2.45, 2.75) is 62.4 Å². The summed E-state index contributed by atoms with van der Waals surface area (Å²) in [6.07, 6.45) is 2.01. The lowest BCUT2D eigenvalue weighted by atomic mass is 9.94. The molecule has 4 rings (SSSR count). The van der Waals surface area contributed by atoms with E-state index in [1.165, 1.54) is 19.1 Å². The van der Waals surface area contributed by atoms with E-state index in [9.17, 15) is 13.2 Å². The van der Waals surface area contributed by atoms with Gasteiger partial charge in [0.15, 0.2) is 10.8 Å². The van der Waals surface area contributed by atoms with E-state index >= 15 is 0 Å². The van der Waals surface area contributed by atoms with Crippen LogP contribution in [0.3, 0.4) is 0 Å². The number of anilines is 1. The molecule has 0 unspecified atom stereocenters. The summed E-state index contributed by atoms with van der Waals surface area (Å²) in [5, 5.41) is 9.90. The molecule has 0 atom stereocenters. The minimum absolute atomic E-state index is 0.104. The summed E-state index contributed by atoms with van der Waals surface area (Å²) in [6, 6.07) is 7.77. The van der Waals surface area contributed by atoms with Gasteiger partial charge in [-0.15, -0.1) is 10.2 Å². The molecular formula is C23H29N5O4S. The molecule has 1 fully saturated rings. The number of carbonyl (C=O) groups is 1. The van der Waals surface area contributed by atoms with Gasteiger partial charge < -0.3 is 14.6 Å².